The van der Waals surface area contributed by atoms with Gasteiger partial charge in [0.05, 0.1) is 0 Å². The first-order chi connectivity index (χ1) is 7.97. The highest BCUT2D eigenvalue weighted by molar-refractivity contribution is 5.94. The van der Waals surface area contributed by atoms with Crippen LogP contribution in [0.25, 0.3) is 0 Å². The van der Waals surface area contributed by atoms with Gasteiger partial charge in [-0.15, -0.1) is 6.58 Å². The van der Waals surface area contributed by atoms with Gasteiger partial charge in [-0.3, -0.25) is 14.4 Å². The quantitative estimate of drug-likeness (QED) is 0.558. The average Bonchev–Trinajstić information content (AvgIpc) is 2.21. The molecule has 0 aromatic rings. The van der Waals surface area contributed by atoms with Crippen molar-refractivity contribution >= 4 is 17.7 Å². The molecule has 1 fully saturated rings. The normalized spacial score (nSPS) is 24.6. The van der Waals surface area contributed by atoms with E-state index in [0.717, 1.165) is 0 Å². The Morgan fingerprint density at radius 1 is 1.41 bits per heavy atom. The highest BCUT2D eigenvalue weighted by atomic mass is 16.4. The molecule has 2 N–H and O–H groups in total. The van der Waals surface area contributed by atoms with Gasteiger partial charge in [0, 0.05) is 12.8 Å². The van der Waals surface area contributed by atoms with Crippen molar-refractivity contribution in [3.05, 3.63) is 12.7 Å². The lowest BCUT2D eigenvalue weighted by molar-refractivity contribution is -0.159. The number of hydrogen-bond donors (Lipinski definition) is 2. The lowest BCUT2D eigenvalue weighted by atomic mass is 9.70. The highest BCUT2D eigenvalue weighted by Crippen LogP contribution is 2.36. The molecule has 0 spiro atoms. The lowest BCUT2D eigenvalue weighted by Crippen LogP contribution is -2.39. The summed E-state index contributed by atoms with van der Waals surface area (Å²) in [6, 6.07) is 0. The molecule has 0 aliphatic heterocycles. The molecule has 0 heterocycles. The predicted molar refractivity (Wildman–Crippen MR) is 59.4 cm³/mol. The first-order valence-corrected chi connectivity index (χ1v) is 5.55. The second-order valence-electron chi connectivity index (χ2n) is 4.38. The Bertz CT molecular complexity index is 333. The predicted octanol–water partition coefficient (Wildman–Crippen LogP) is 1.33. The van der Waals surface area contributed by atoms with Gasteiger partial charge in [0.25, 0.3) is 0 Å². The van der Waals surface area contributed by atoms with E-state index in [9.17, 15) is 14.4 Å². The third-order valence-corrected chi connectivity index (χ3v) is 3.29. The molecule has 1 rings (SSSR count). The SMILES string of the molecule is C=CCC1CCC(=O)CC1C(C(=O)O)C(=O)O. The summed E-state index contributed by atoms with van der Waals surface area (Å²) >= 11 is 0. The fourth-order valence-electron chi connectivity index (χ4n) is 2.46. The van der Waals surface area contributed by atoms with Crippen LogP contribution in [0.1, 0.15) is 25.7 Å². The number of carboxylic acid groups (broad SMARTS) is 2. The number of Topliss-reactive ketones (excluding diaryl/α,β-unsaturated/α-hetero) is 1. The molecule has 0 bridgehead atoms. The van der Waals surface area contributed by atoms with Gasteiger partial charge in [-0.1, -0.05) is 6.08 Å². The first-order valence-electron chi connectivity index (χ1n) is 5.55. The number of carbonyl (C=O) groups excluding carboxylic acids is 1. The molecule has 5 nitrogen and oxygen atoms in total. The number of ketones is 1. The second kappa shape index (κ2) is 5.61. The number of hydrogen-bond acceptors (Lipinski definition) is 3. The summed E-state index contributed by atoms with van der Waals surface area (Å²) in [5.41, 5.74) is 0. The monoisotopic (exact) mass is 240 g/mol. The highest BCUT2D eigenvalue weighted by Gasteiger charge is 2.42. The van der Waals surface area contributed by atoms with Gasteiger partial charge < -0.3 is 10.2 Å². The molecule has 5 heteroatoms. The topological polar surface area (TPSA) is 91.7 Å². The molecule has 1 aliphatic carbocycles. The van der Waals surface area contributed by atoms with Gasteiger partial charge in [-0.25, -0.2) is 0 Å². The molecule has 1 saturated carbocycles. The minimum Gasteiger partial charge on any atom is -0.481 e. The summed E-state index contributed by atoms with van der Waals surface area (Å²) in [5.74, 6) is -4.99. The Labute approximate surface area is 99.1 Å². The Morgan fingerprint density at radius 2 is 2.00 bits per heavy atom. The van der Waals surface area contributed by atoms with E-state index in [1.165, 1.54) is 0 Å². The van der Waals surface area contributed by atoms with Crippen molar-refractivity contribution in [1.29, 1.82) is 0 Å². The molecule has 0 radical (unpaired) electrons. The van der Waals surface area contributed by atoms with E-state index in [1.807, 2.05) is 0 Å². The van der Waals surface area contributed by atoms with E-state index >= 15 is 0 Å². The van der Waals surface area contributed by atoms with Crippen LogP contribution in [0.2, 0.25) is 0 Å². The Kier molecular flexibility index (Phi) is 4.43. The van der Waals surface area contributed by atoms with Crippen LogP contribution in [0.4, 0.5) is 0 Å². The maximum absolute atomic E-state index is 11.4. The van der Waals surface area contributed by atoms with Gasteiger partial charge in [-0.2, -0.15) is 0 Å². The number of aliphatic carboxylic acids is 2. The standard InChI is InChI=1S/C12H16O5/c1-2-3-7-4-5-8(13)6-9(7)10(11(14)15)12(16)17/h2,7,9-10H,1,3-6H2,(H,14,15)(H,16,17). The Balaban J connectivity index is 2.93. The summed E-state index contributed by atoms with van der Waals surface area (Å²) in [6.45, 7) is 3.58. The summed E-state index contributed by atoms with van der Waals surface area (Å²) < 4.78 is 0. The molecule has 2 unspecified atom stereocenters. The van der Waals surface area contributed by atoms with E-state index < -0.39 is 23.8 Å². The fraction of sp³-hybridized carbons (Fsp3) is 0.583. The van der Waals surface area contributed by atoms with Crippen LogP contribution >= 0.6 is 0 Å². The van der Waals surface area contributed by atoms with Gasteiger partial charge in [0.15, 0.2) is 5.92 Å². The summed E-state index contributed by atoms with van der Waals surface area (Å²) in [6.07, 6.45) is 3.19. The number of allylic oxidation sites excluding steroid dienone is 1. The molecule has 2 atom stereocenters. The number of carbonyl (C=O) groups is 3. The Morgan fingerprint density at radius 3 is 2.47 bits per heavy atom. The van der Waals surface area contributed by atoms with Gasteiger partial charge >= 0.3 is 11.9 Å². The molecule has 17 heavy (non-hydrogen) atoms. The maximum Gasteiger partial charge on any atom is 0.318 e. The summed E-state index contributed by atoms with van der Waals surface area (Å²) in [4.78, 5) is 33.3. The van der Waals surface area contributed by atoms with Crippen molar-refractivity contribution in [2.24, 2.45) is 17.8 Å². The zero-order valence-corrected chi connectivity index (χ0v) is 9.46. The minimum atomic E-state index is -1.50. The van der Waals surface area contributed by atoms with Crippen LogP contribution in [0.5, 0.6) is 0 Å². The van der Waals surface area contributed by atoms with Crippen LogP contribution in [-0.4, -0.2) is 27.9 Å². The van der Waals surface area contributed by atoms with Crippen molar-refractivity contribution < 1.29 is 24.6 Å². The van der Waals surface area contributed by atoms with Gasteiger partial charge in [0.2, 0.25) is 0 Å². The van der Waals surface area contributed by atoms with E-state index in [4.69, 9.17) is 10.2 Å². The van der Waals surface area contributed by atoms with E-state index in [0.29, 0.717) is 19.3 Å². The molecule has 0 aromatic carbocycles. The van der Waals surface area contributed by atoms with Crippen LogP contribution < -0.4 is 0 Å². The molecular weight excluding hydrogens is 224 g/mol. The van der Waals surface area contributed by atoms with Crippen LogP contribution in [0, 0.1) is 17.8 Å². The second-order valence-corrected chi connectivity index (χ2v) is 4.38. The van der Waals surface area contributed by atoms with Crippen molar-refractivity contribution in [3.63, 3.8) is 0 Å². The molecule has 1 aliphatic rings. The molecule has 0 saturated heterocycles. The summed E-state index contributed by atoms with van der Waals surface area (Å²) in [7, 11) is 0. The Hall–Kier alpha value is -1.65. The fourth-order valence-corrected chi connectivity index (χ4v) is 2.46. The van der Waals surface area contributed by atoms with Crippen LogP contribution in [0.15, 0.2) is 12.7 Å². The average molecular weight is 240 g/mol. The zero-order chi connectivity index (χ0) is 13.0. The van der Waals surface area contributed by atoms with E-state index in [1.54, 1.807) is 6.08 Å². The molecular formula is C12H16O5. The van der Waals surface area contributed by atoms with Gasteiger partial charge in [-0.05, 0) is 24.7 Å². The summed E-state index contributed by atoms with van der Waals surface area (Å²) in [5, 5.41) is 17.9. The first kappa shape index (κ1) is 13.4. The smallest absolute Gasteiger partial charge is 0.318 e. The van der Waals surface area contributed by atoms with Gasteiger partial charge in [0.1, 0.15) is 5.78 Å². The largest absolute Gasteiger partial charge is 0.481 e. The zero-order valence-electron chi connectivity index (χ0n) is 9.46. The van der Waals surface area contributed by atoms with Crippen molar-refractivity contribution in [1.82, 2.24) is 0 Å². The maximum atomic E-state index is 11.4. The third-order valence-electron chi connectivity index (χ3n) is 3.29. The van der Waals surface area contributed by atoms with Crippen molar-refractivity contribution in [3.8, 4) is 0 Å². The molecule has 94 valence electrons. The van der Waals surface area contributed by atoms with Crippen LogP contribution in [0.3, 0.4) is 0 Å². The van der Waals surface area contributed by atoms with Crippen molar-refractivity contribution in [2.45, 2.75) is 25.7 Å². The van der Waals surface area contributed by atoms with E-state index in [2.05, 4.69) is 6.58 Å². The number of carboxylic acids is 2. The number of rotatable bonds is 5. The van der Waals surface area contributed by atoms with Crippen molar-refractivity contribution in [2.75, 3.05) is 0 Å². The molecule has 0 aromatic heterocycles. The lowest BCUT2D eigenvalue weighted by Gasteiger charge is -2.32. The van der Waals surface area contributed by atoms with Crippen LogP contribution in [-0.2, 0) is 14.4 Å². The minimum absolute atomic E-state index is 0.0434. The third kappa shape index (κ3) is 3.15. The molecule has 0 amide bonds. The van der Waals surface area contributed by atoms with E-state index in [-0.39, 0.29) is 18.1 Å².